The fraction of sp³-hybridized carbons (Fsp3) is 0.455. The Morgan fingerprint density at radius 1 is 1.60 bits per heavy atom. The van der Waals surface area contributed by atoms with Crippen LogP contribution in [0.2, 0.25) is 5.02 Å². The molecule has 0 unspecified atom stereocenters. The highest BCUT2D eigenvalue weighted by atomic mass is 35.5. The second-order valence-corrected chi connectivity index (χ2v) is 4.35. The Kier molecular flexibility index (Phi) is 3.83. The molecule has 0 spiro atoms. The van der Waals surface area contributed by atoms with Crippen LogP contribution >= 0.6 is 11.6 Å². The summed E-state index contributed by atoms with van der Waals surface area (Å²) in [6, 6.07) is 1.77. The van der Waals surface area contributed by atoms with Crippen molar-refractivity contribution in [1.29, 1.82) is 0 Å². The summed E-state index contributed by atoms with van der Waals surface area (Å²) >= 11 is 5.93. The van der Waals surface area contributed by atoms with Gasteiger partial charge in [-0.2, -0.15) is 0 Å². The summed E-state index contributed by atoms with van der Waals surface area (Å²) in [5.41, 5.74) is 0.298. The number of aromatic nitrogens is 1. The van der Waals surface area contributed by atoms with E-state index in [0.717, 1.165) is 5.56 Å². The van der Waals surface area contributed by atoms with E-state index in [1.54, 1.807) is 25.5 Å². The van der Waals surface area contributed by atoms with Gasteiger partial charge in [0.1, 0.15) is 0 Å². The summed E-state index contributed by atoms with van der Waals surface area (Å²) in [4.78, 5) is 15.8. The number of hydrogen-bond acceptors (Lipinski definition) is 3. The molecule has 15 heavy (non-hydrogen) atoms. The predicted octanol–water partition coefficient (Wildman–Crippen LogP) is 1.84. The van der Waals surface area contributed by atoms with Gasteiger partial charge in [-0.1, -0.05) is 11.6 Å². The van der Waals surface area contributed by atoms with Crippen molar-refractivity contribution in [3.8, 4) is 0 Å². The summed E-state index contributed by atoms with van der Waals surface area (Å²) in [7, 11) is 1.77. The molecule has 0 aromatic carbocycles. The van der Waals surface area contributed by atoms with Crippen molar-refractivity contribution in [2.24, 2.45) is 0 Å². The van der Waals surface area contributed by atoms with Gasteiger partial charge in [-0.05, 0) is 32.5 Å². The first kappa shape index (κ1) is 12.1. The zero-order valence-corrected chi connectivity index (χ0v) is 9.93. The van der Waals surface area contributed by atoms with Crippen LogP contribution in [-0.2, 0) is 11.2 Å². The Bertz CT molecular complexity index is 363. The van der Waals surface area contributed by atoms with E-state index in [9.17, 15) is 4.79 Å². The Hall–Kier alpha value is -0.930. The van der Waals surface area contributed by atoms with Gasteiger partial charge in [-0.15, -0.1) is 0 Å². The van der Waals surface area contributed by atoms with E-state index in [2.05, 4.69) is 10.3 Å². The lowest BCUT2D eigenvalue weighted by Crippen LogP contribution is -2.45. The molecule has 4 heteroatoms. The number of halogens is 1. The van der Waals surface area contributed by atoms with E-state index in [1.165, 1.54) is 0 Å². The van der Waals surface area contributed by atoms with Gasteiger partial charge in [0.05, 0.1) is 10.6 Å². The summed E-state index contributed by atoms with van der Waals surface area (Å²) < 4.78 is 0. The van der Waals surface area contributed by atoms with Crippen LogP contribution < -0.4 is 5.32 Å². The van der Waals surface area contributed by atoms with E-state index >= 15 is 0 Å². The van der Waals surface area contributed by atoms with Gasteiger partial charge in [0.25, 0.3) is 0 Å². The van der Waals surface area contributed by atoms with Crippen molar-refractivity contribution in [2.75, 3.05) is 7.05 Å². The Morgan fingerprint density at radius 3 is 2.80 bits per heavy atom. The maximum atomic E-state index is 11.9. The molecule has 0 saturated heterocycles. The molecule has 1 N–H and O–H groups in total. The molecule has 82 valence electrons. The smallest absolute Gasteiger partial charge is 0.156 e. The van der Waals surface area contributed by atoms with Crippen molar-refractivity contribution >= 4 is 17.4 Å². The number of likely N-dealkylation sites (N-methyl/N-ethyl adjacent to an activating group) is 1. The molecule has 0 amide bonds. The zero-order valence-electron chi connectivity index (χ0n) is 9.17. The maximum Gasteiger partial charge on any atom is 0.156 e. The van der Waals surface area contributed by atoms with Gasteiger partial charge in [-0.3, -0.25) is 9.78 Å². The molecule has 0 fully saturated rings. The van der Waals surface area contributed by atoms with E-state index in [-0.39, 0.29) is 5.78 Å². The number of nitrogens with one attached hydrogen (secondary N) is 1. The average molecular weight is 227 g/mol. The number of carbonyl (C=O) groups is 1. The monoisotopic (exact) mass is 226 g/mol. The van der Waals surface area contributed by atoms with Crippen LogP contribution in [0.1, 0.15) is 19.4 Å². The van der Waals surface area contributed by atoms with Crippen molar-refractivity contribution in [3.05, 3.63) is 29.0 Å². The first-order valence-corrected chi connectivity index (χ1v) is 5.16. The van der Waals surface area contributed by atoms with Gasteiger partial charge >= 0.3 is 0 Å². The third-order valence-corrected chi connectivity index (χ3v) is 2.87. The molecule has 0 saturated carbocycles. The molecule has 3 nitrogen and oxygen atoms in total. The quantitative estimate of drug-likeness (QED) is 0.852. The lowest BCUT2D eigenvalue weighted by molar-refractivity contribution is -0.123. The summed E-state index contributed by atoms with van der Waals surface area (Å²) in [5.74, 6) is 0.109. The third-order valence-electron chi connectivity index (χ3n) is 2.53. The van der Waals surface area contributed by atoms with Crippen LogP contribution in [0.4, 0.5) is 0 Å². The summed E-state index contributed by atoms with van der Waals surface area (Å²) in [6.45, 7) is 3.70. The minimum atomic E-state index is -0.521. The van der Waals surface area contributed by atoms with Crippen LogP contribution in [0, 0.1) is 0 Å². The third kappa shape index (κ3) is 3.01. The van der Waals surface area contributed by atoms with Crippen molar-refractivity contribution < 1.29 is 4.79 Å². The molecule has 0 radical (unpaired) electrons. The van der Waals surface area contributed by atoms with Crippen LogP contribution in [0.15, 0.2) is 18.5 Å². The molecule has 1 aromatic heterocycles. The zero-order chi connectivity index (χ0) is 11.5. The first-order valence-electron chi connectivity index (χ1n) is 4.78. The minimum Gasteiger partial charge on any atom is -0.308 e. The molecule has 0 aliphatic heterocycles. The van der Waals surface area contributed by atoms with Gasteiger partial charge in [0.15, 0.2) is 5.78 Å². The molecule has 0 atom stereocenters. The average Bonchev–Trinajstić information content (AvgIpc) is 2.21. The second kappa shape index (κ2) is 4.73. The van der Waals surface area contributed by atoms with Crippen molar-refractivity contribution in [1.82, 2.24) is 10.3 Å². The normalized spacial score (nSPS) is 11.5. The lowest BCUT2D eigenvalue weighted by atomic mass is 9.94. The number of ketones is 1. The molecule has 0 aliphatic carbocycles. The number of pyridine rings is 1. The van der Waals surface area contributed by atoms with Gasteiger partial charge < -0.3 is 5.32 Å². The van der Waals surface area contributed by atoms with Crippen LogP contribution in [-0.4, -0.2) is 23.4 Å². The molecule has 1 aromatic rings. The van der Waals surface area contributed by atoms with Gasteiger partial charge in [-0.25, -0.2) is 0 Å². The number of Topliss-reactive ketones (excluding diaryl/α,β-unsaturated/α-hetero) is 1. The number of nitrogens with zero attached hydrogens (tertiary/aromatic N) is 1. The van der Waals surface area contributed by atoms with Crippen LogP contribution in [0.25, 0.3) is 0 Å². The summed E-state index contributed by atoms with van der Waals surface area (Å²) in [5, 5.41) is 3.51. The molecule has 0 bridgehead atoms. The Balaban J connectivity index is 2.80. The topological polar surface area (TPSA) is 42.0 Å². The first-order chi connectivity index (χ1) is 6.97. The largest absolute Gasteiger partial charge is 0.308 e. The van der Waals surface area contributed by atoms with Gasteiger partial charge in [0.2, 0.25) is 0 Å². The lowest BCUT2D eigenvalue weighted by Gasteiger charge is -2.22. The van der Waals surface area contributed by atoms with Crippen molar-refractivity contribution in [2.45, 2.75) is 25.8 Å². The van der Waals surface area contributed by atoms with Crippen molar-refractivity contribution in [3.63, 3.8) is 0 Å². The molecule has 0 aliphatic rings. The van der Waals surface area contributed by atoms with E-state index in [4.69, 9.17) is 11.6 Å². The van der Waals surface area contributed by atoms with E-state index in [0.29, 0.717) is 11.4 Å². The number of hydrogen-bond donors (Lipinski definition) is 1. The molecule has 1 rings (SSSR count). The van der Waals surface area contributed by atoms with Gasteiger partial charge in [0, 0.05) is 18.8 Å². The second-order valence-electron chi connectivity index (χ2n) is 3.94. The highest BCUT2D eigenvalue weighted by Gasteiger charge is 2.25. The SMILES string of the molecule is CNC(C)(C)C(=O)Cc1ccncc1Cl. The fourth-order valence-corrected chi connectivity index (χ4v) is 1.27. The highest BCUT2D eigenvalue weighted by Crippen LogP contribution is 2.16. The van der Waals surface area contributed by atoms with Crippen LogP contribution in [0.5, 0.6) is 0 Å². The summed E-state index contributed by atoms with van der Waals surface area (Å²) in [6.07, 6.45) is 3.52. The Labute approximate surface area is 94.9 Å². The molecular formula is C11H15ClN2O. The maximum absolute atomic E-state index is 11.9. The minimum absolute atomic E-state index is 0.109. The Morgan fingerprint density at radius 2 is 2.27 bits per heavy atom. The van der Waals surface area contributed by atoms with E-state index < -0.39 is 5.54 Å². The standard InChI is InChI=1S/C11H15ClN2O/c1-11(2,13-3)10(15)6-8-4-5-14-7-9(8)12/h4-5,7,13H,6H2,1-3H3. The predicted molar refractivity (Wildman–Crippen MR) is 61.1 cm³/mol. The number of carbonyl (C=O) groups excluding carboxylic acids is 1. The number of rotatable bonds is 4. The highest BCUT2D eigenvalue weighted by molar-refractivity contribution is 6.31. The molecular weight excluding hydrogens is 212 g/mol. The fourth-order valence-electron chi connectivity index (χ4n) is 1.08. The molecule has 1 heterocycles. The van der Waals surface area contributed by atoms with E-state index in [1.807, 2.05) is 13.8 Å². The van der Waals surface area contributed by atoms with Crippen LogP contribution in [0.3, 0.4) is 0 Å².